The van der Waals surface area contributed by atoms with E-state index < -0.39 is 0 Å². The van der Waals surface area contributed by atoms with Crippen LogP contribution in [0.3, 0.4) is 0 Å². The fraction of sp³-hybridized carbons (Fsp3) is 0.364. The maximum atomic E-state index is 12.6. The predicted octanol–water partition coefficient (Wildman–Crippen LogP) is 2.91. The second-order valence-electron chi connectivity index (χ2n) is 7.56. The van der Waals surface area contributed by atoms with Crippen LogP contribution in [0.2, 0.25) is 0 Å². The summed E-state index contributed by atoms with van der Waals surface area (Å²) in [6, 6.07) is 7.49. The van der Waals surface area contributed by atoms with Crippen LogP contribution in [-0.2, 0) is 6.54 Å². The van der Waals surface area contributed by atoms with Crippen LogP contribution in [0.15, 0.2) is 41.8 Å². The normalized spacial score (nSPS) is 13.8. The van der Waals surface area contributed by atoms with E-state index in [9.17, 15) is 4.79 Å². The fourth-order valence-corrected chi connectivity index (χ4v) is 4.44. The highest BCUT2D eigenvalue weighted by atomic mass is 32.2. The number of anilines is 1. The first kappa shape index (κ1) is 20.6. The molecule has 5 rings (SSSR count). The molecule has 1 amide bonds. The molecule has 0 radical (unpaired) electrons. The Labute approximate surface area is 189 Å². The number of thioether (sulfide) groups is 1. The number of rotatable bonds is 7. The van der Waals surface area contributed by atoms with Crippen molar-refractivity contribution in [1.29, 1.82) is 0 Å². The molecule has 4 aromatic rings. The van der Waals surface area contributed by atoms with E-state index in [4.69, 9.17) is 9.97 Å². The molecule has 1 saturated heterocycles. The average Bonchev–Trinajstić information content (AvgIpc) is 3.49. The van der Waals surface area contributed by atoms with E-state index in [-0.39, 0.29) is 5.91 Å². The fourth-order valence-electron chi connectivity index (χ4n) is 3.88. The van der Waals surface area contributed by atoms with Crippen molar-refractivity contribution < 1.29 is 4.79 Å². The number of hydrogen-bond acceptors (Lipinski definition) is 8. The molecular weight excluding hydrogens is 424 g/mol. The molecule has 0 unspecified atom stereocenters. The Morgan fingerprint density at radius 1 is 1.09 bits per heavy atom. The molecular formula is C22H24N8OS. The molecule has 0 spiro atoms. The summed E-state index contributed by atoms with van der Waals surface area (Å²) in [5.74, 6) is 1.61. The number of para-hydroxylation sites is 2. The maximum absolute atomic E-state index is 12.6. The summed E-state index contributed by atoms with van der Waals surface area (Å²) in [7, 11) is 0. The highest BCUT2D eigenvalue weighted by Gasteiger charge is 2.21. The molecule has 1 fully saturated rings. The van der Waals surface area contributed by atoms with Gasteiger partial charge in [-0.15, -0.1) is 0 Å². The number of amides is 1. The molecule has 1 N–H and O–H groups in total. The first-order valence-corrected chi connectivity index (χ1v) is 11.8. The Kier molecular flexibility index (Phi) is 5.85. The minimum absolute atomic E-state index is 0.255. The molecule has 10 heteroatoms. The molecule has 1 aliphatic heterocycles. The molecule has 32 heavy (non-hydrogen) atoms. The van der Waals surface area contributed by atoms with Gasteiger partial charge in [0.25, 0.3) is 5.91 Å². The molecule has 4 heterocycles. The number of benzene rings is 1. The molecule has 164 valence electrons. The summed E-state index contributed by atoms with van der Waals surface area (Å²) in [6.45, 7) is 5.02. The molecule has 1 aromatic carbocycles. The van der Waals surface area contributed by atoms with E-state index in [1.54, 1.807) is 11.8 Å². The first-order valence-electron chi connectivity index (χ1n) is 10.8. The SMILES string of the molecule is CCSc1nc(N2CCCC2)c2cnn(CCNC(=O)c3cnc4ccccc4n3)c2n1. The monoisotopic (exact) mass is 448 g/mol. The smallest absolute Gasteiger partial charge is 0.271 e. The summed E-state index contributed by atoms with van der Waals surface area (Å²) < 4.78 is 1.84. The summed E-state index contributed by atoms with van der Waals surface area (Å²) >= 11 is 1.63. The maximum Gasteiger partial charge on any atom is 0.271 e. The van der Waals surface area contributed by atoms with Gasteiger partial charge in [-0.2, -0.15) is 5.10 Å². The average molecular weight is 449 g/mol. The molecule has 0 aliphatic carbocycles. The third kappa shape index (κ3) is 4.10. The van der Waals surface area contributed by atoms with E-state index in [0.717, 1.165) is 46.4 Å². The Balaban J connectivity index is 1.32. The highest BCUT2D eigenvalue weighted by molar-refractivity contribution is 7.99. The molecule has 1 aliphatic rings. The third-order valence-corrected chi connectivity index (χ3v) is 6.15. The molecule has 0 bridgehead atoms. The zero-order chi connectivity index (χ0) is 21.9. The predicted molar refractivity (Wildman–Crippen MR) is 125 cm³/mol. The number of nitrogens with zero attached hydrogens (tertiary/aromatic N) is 7. The lowest BCUT2D eigenvalue weighted by Gasteiger charge is -2.17. The number of carbonyl (C=O) groups is 1. The Hall–Kier alpha value is -3.27. The summed E-state index contributed by atoms with van der Waals surface area (Å²) in [5.41, 5.74) is 2.57. The lowest BCUT2D eigenvalue weighted by Crippen LogP contribution is -2.28. The van der Waals surface area contributed by atoms with Gasteiger partial charge in [0.2, 0.25) is 0 Å². The van der Waals surface area contributed by atoms with Gasteiger partial charge in [0.05, 0.1) is 35.4 Å². The Bertz CT molecular complexity index is 1270. The van der Waals surface area contributed by atoms with Crippen LogP contribution < -0.4 is 10.2 Å². The van der Waals surface area contributed by atoms with Crippen LogP contribution in [-0.4, -0.2) is 61.0 Å². The van der Waals surface area contributed by atoms with Gasteiger partial charge in [-0.25, -0.2) is 19.6 Å². The van der Waals surface area contributed by atoms with E-state index in [0.29, 0.717) is 24.3 Å². The lowest BCUT2D eigenvalue weighted by atomic mass is 10.3. The van der Waals surface area contributed by atoms with Gasteiger partial charge in [0, 0.05) is 19.6 Å². The minimum Gasteiger partial charge on any atom is -0.356 e. The largest absolute Gasteiger partial charge is 0.356 e. The molecule has 9 nitrogen and oxygen atoms in total. The Morgan fingerprint density at radius 2 is 1.91 bits per heavy atom. The van der Waals surface area contributed by atoms with Crippen molar-refractivity contribution >= 4 is 45.6 Å². The highest BCUT2D eigenvalue weighted by Crippen LogP contribution is 2.29. The molecule has 0 saturated carbocycles. The summed E-state index contributed by atoms with van der Waals surface area (Å²) in [4.78, 5) is 33.1. The van der Waals surface area contributed by atoms with Crippen molar-refractivity contribution in [3.05, 3.63) is 42.4 Å². The number of carbonyl (C=O) groups excluding carboxylic acids is 1. The van der Waals surface area contributed by atoms with Crippen LogP contribution in [0, 0.1) is 0 Å². The zero-order valence-electron chi connectivity index (χ0n) is 17.9. The first-order chi connectivity index (χ1) is 15.7. The van der Waals surface area contributed by atoms with Crippen LogP contribution in [0.25, 0.3) is 22.1 Å². The van der Waals surface area contributed by atoms with Crippen molar-refractivity contribution in [3.8, 4) is 0 Å². The minimum atomic E-state index is -0.255. The van der Waals surface area contributed by atoms with Gasteiger partial charge in [0.1, 0.15) is 11.5 Å². The van der Waals surface area contributed by atoms with E-state index in [2.05, 4.69) is 32.2 Å². The van der Waals surface area contributed by atoms with Crippen LogP contribution in [0.1, 0.15) is 30.3 Å². The zero-order valence-corrected chi connectivity index (χ0v) is 18.7. The van der Waals surface area contributed by atoms with E-state index >= 15 is 0 Å². The molecule has 3 aromatic heterocycles. The van der Waals surface area contributed by atoms with Gasteiger partial charge in [-0.1, -0.05) is 30.8 Å². The van der Waals surface area contributed by atoms with Gasteiger partial charge >= 0.3 is 0 Å². The van der Waals surface area contributed by atoms with E-state index in [1.165, 1.54) is 19.0 Å². The van der Waals surface area contributed by atoms with Crippen molar-refractivity contribution in [2.24, 2.45) is 0 Å². The summed E-state index contributed by atoms with van der Waals surface area (Å²) in [5, 5.41) is 9.17. The lowest BCUT2D eigenvalue weighted by molar-refractivity contribution is 0.0947. The molecule has 0 atom stereocenters. The summed E-state index contributed by atoms with van der Waals surface area (Å²) in [6.07, 6.45) is 5.70. The van der Waals surface area contributed by atoms with E-state index in [1.807, 2.05) is 35.1 Å². The van der Waals surface area contributed by atoms with Crippen LogP contribution >= 0.6 is 11.8 Å². The number of fused-ring (bicyclic) bond motifs is 2. The van der Waals surface area contributed by atoms with Crippen molar-refractivity contribution in [2.45, 2.75) is 31.5 Å². The topological polar surface area (TPSA) is 102 Å². The number of aromatic nitrogens is 6. The van der Waals surface area contributed by atoms with Crippen LogP contribution in [0.4, 0.5) is 5.82 Å². The second kappa shape index (κ2) is 9.07. The van der Waals surface area contributed by atoms with Gasteiger partial charge in [0.15, 0.2) is 10.8 Å². The van der Waals surface area contributed by atoms with Gasteiger partial charge < -0.3 is 10.2 Å². The third-order valence-electron chi connectivity index (χ3n) is 5.42. The van der Waals surface area contributed by atoms with Crippen molar-refractivity contribution in [1.82, 2.24) is 35.0 Å². The number of nitrogens with one attached hydrogen (secondary N) is 1. The Morgan fingerprint density at radius 3 is 2.72 bits per heavy atom. The van der Waals surface area contributed by atoms with Gasteiger partial charge in [-0.05, 0) is 30.7 Å². The van der Waals surface area contributed by atoms with Gasteiger partial charge in [-0.3, -0.25) is 9.78 Å². The van der Waals surface area contributed by atoms with Crippen molar-refractivity contribution in [2.75, 3.05) is 30.3 Å². The second-order valence-corrected chi connectivity index (χ2v) is 8.79. The van der Waals surface area contributed by atoms with Crippen LogP contribution in [0.5, 0.6) is 0 Å². The number of hydrogen-bond donors (Lipinski definition) is 1. The standard InChI is InChI=1S/C22H24N8OS/c1-2-32-22-27-19(29-10-5-6-11-29)15-13-25-30(20(15)28-22)12-9-23-21(31)18-14-24-16-7-3-4-8-17(16)26-18/h3-4,7-8,13-14H,2,5-6,9-12H2,1H3,(H,23,31). The quantitative estimate of drug-likeness (QED) is 0.340. The van der Waals surface area contributed by atoms with Crippen molar-refractivity contribution in [3.63, 3.8) is 0 Å².